The van der Waals surface area contributed by atoms with Gasteiger partial charge >= 0.3 is 5.97 Å². The van der Waals surface area contributed by atoms with Crippen LogP contribution in [0.25, 0.3) is 0 Å². The van der Waals surface area contributed by atoms with E-state index in [9.17, 15) is 4.79 Å². The fourth-order valence-corrected chi connectivity index (χ4v) is 5.43. The summed E-state index contributed by atoms with van der Waals surface area (Å²) in [6.45, 7) is 6.30. The Kier molecular flexibility index (Phi) is 8.18. The first-order valence-corrected chi connectivity index (χ1v) is 14.0. The van der Waals surface area contributed by atoms with Gasteiger partial charge < -0.3 is 25.9 Å². The first kappa shape index (κ1) is 26.4. The second-order valence-electron chi connectivity index (χ2n) is 8.96. The van der Waals surface area contributed by atoms with Crippen LogP contribution in [0.3, 0.4) is 0 Å². The first-order valence-electron chi connectivity index (χ1n) is 12.4. The second-order valence-corrected chi connectivity index (χ2v) is 10.7. The predicted molar refractivity (Wildman–Crippen MR) is 158 cm³/mol. The van der Waals surface area contributed by atoms with E-state index in [1.807, 2.05) is 37.3 Å². The van der Waals surface area contributed by atoms with E-state index in [2.05, 4.69) is 76.0 Å². The quantitative estimate of drug-likeness (QED) is 0.0925. The van der Waals surface area contributed by atoms with Crippen LogP contribution in [-0.4, -0.2) is 35.5 Å². The van der Waals surface area contributed by atoms with Crippen LogP contribution in [0.4, 0.5) is 37.9 Å². The highest BCUT2D eigenvalue weighted by Gasteiger charge is 2.14. The summed E-state index contributed by atoms with van der Waals surface area (Å²) in [5.41, 5.74) is 18.6. The van der Waals surface area contributed by atoms with Crippen LogP contribution in [0, 0.1) is 13.8 Å². The van der Waals surface area contributed by atoms with Gasteiger partial charge in [-0.25, -0.2) is 4.79 Å². The lowest BCUT2D eigenvalue weighted by molar-refractivity contribution is 0.0588. The van der Waals surface area contributed by atoms with E-state index in [-0.39, 0.29) is 11.0 Å². The molecule has 3 heterocycles. The number of ether oxygens (including phenoxy) is 1. The van der Waals surface area contributed by atoms with E-state index in [0.717, 1.165) is 57.8 Å². The minimum absolute atomic E-state index is 0.0248. The molecule has 1 saturated heterocycles. The Morgan fingerprint density at radius 3 is 2.41 bits per heavy atom. The number of hydrogen-bond donors (Lipinski definition) is 4. The number of aromatic nitrogens is 2. The van der Waals surface area contributed by atoms with E-state index >= 15 is 0 Å². The van der Waals surface area contributed by atoms with Crippen LogP contribution in [0.2, 0.25) is 0 Å². The number of methoxy groups -OCH3 is 1. The Bertz CT molecular complexity index is 1480. The van der Waals surface area contributed by atoms with Gasteiger partial charge in [-0.15, -0.1) is 10.2 Å². The fraction of sp³-hybridized carbons (Fsp3) is 0.269. The molecular weight excluding hydrogens is 534 g/mol. The molecule has 13 heteroatoms. The molecule has 39 heavy (non-hydrogen) atoms. The lowest BCUT2D eigenvalue weighted by atomic mass is 10.2. The fourth-order valence-electron chi connectivity index (χ4n) is 4.03. The van der Waals surface area contributed by atoms with Gasteiger partial charge in [-0.2, -0.15) is 9.36 Å². The number of anilines is 5. The second kappa shape index (κ2) is 12.1. The molecule has 2 aromatic heterocycles. The molecule has 0 atom stereocenters. The highest BCUT2D eigenvalue weighted by molar-refractivity contribution is 7.20. The van der Waals surface area contributed by atoms with Crippen LogP contribution >= 0.6 is 22.9 Å². The van der Waals surface area contributed by atoms with Crippen molar-refractivity contribution in [1.82, 2.24) is 9.36 Å². The number of thiophene rings is 1. The maximum atomic E-state index is 11.5. The molecule has 0 unspecified atom stereocenters. The minimum Gasteiger partial charge on any atom is -0.463 e. The molecule has 0 bridgehead atoms. The first-order chi connectivity index (χ1) is 19.0. The number of rotatable bonds is 10. The summed E-state index contributed by atoms with van der Waals surface area (Å²) in [7, 11) is 1.28. The van der Waals surface area contributed by atoms with Crippen molar-refractivity contribution in [2.75, 3.05) is 46.8 Å². The smallest absolute Gasteiger partial charge is 0.377 e. The number of azo groups is 1. The van der Waals surface area contributed by atoms with Crippen molar-refractivity contribution in [3.63, 3.8) is 0 Å². The lowest BCUT2D eigenvalue weighted by Gasteiger charge is -2.15. The van der Waals surface area contributed by atoms with Crippen LogP contribution in [0.1, 0.15) is 34.6 Å². The van der Waals surface area contributed by atoms with E-state index in [1.54, 1.807) is 11.3 Å². The van der Waals surface area contributed by atoms with Gasteiger partial charge in [0.15, 0.2) is 0 Å². The Morgan fingerprint density at radius 2 is 1.67 bits per heavy atom. The van der Waals surface area contributed by atoms with Crippen LogP contribution in [-0.2, 0) is 4.74 Å². The number of hydrazine groups is 2. The largest absolute Gasteiger partial charge is 0.463 e. The number of esters is 1. The third kappa shape index (κ3) is 6.62. The topological polar surface area (TPSA) is 128 Å². The van der Waals surface area contributed by atoms with Gasteiger partial charge in [0.25, 0.3) is 5.82 Å². The summed E-state index contributed by atoms with van der Waals surface area (Å²) in [6, 6.07) is 16.2. The molecule has 1 aliphatic rings. The zero-order chi connectivity index (χ0) is 27.2. The predicted octanol–water partition coefficient (Wildman–Crippen LogP) is 6.90. The standard InChI is InChI=1S/C26H29N9O2S2/c1-16-15-19(29-32-22-10-11-23(38-22)35-12-4-5-13-35)7-8-20(16)30-28-18-6-9-21(17(2)14-18)31-33-26-27-24(34-39-26)25(36)37-3/h6-11,14-15,28-30,32H,4-5,12-13H2,1-3H3. The Morgan fingerprint density at radius 1 is 0.923 bits per heavy atom. The molecule has 1 fully saturated rings. The zero-order valence-corrected chi connectivity index (χ0v) is 23.4. The van der Waals surface area contributed by atoms with Gasteiger partial charge in [-0.3, -0.25) is 5.43 Å². The summed E-state index contributed by atoms with van der Waals surface area (Å²) in [5, 5.41) is 11.0. The summed E-state index contributed by atoms with van der Waals surface area (Å²) in [5.74, 6) is -0.627. The third-order valence-electron chi connectivity index (χ3n) is 6.13. The summed E-state index contributed by atoms with van der Waals surface area (Å²) >= 11 is 2.75. The molecule has 0 saturated carbocycles. The molecule has 0 aliphatic carbocycles. The average molecular weight is 564 g/mol. The summed E-state index contributed by atoms with van der Waals surface area (Å²) in [6.07, 6.45) is 2.55. The van der Waals surface area contributed by atoms with Gasteiger partial charge in [0, 0.05) is 24.6 Å². The van der Waals surface area contributed by atoms with Crippen molar-refractivity contribution in [3.8, 4) is 0 Å². The minimum atomic E-state index is -0.602. The maximum Gasteiger partial charge on any atom is 0.377 e. The number of nitrogens with one attached hydrogen (secondary N) is 4. The summed E-state index contributed by atoms with van der Waals surface area (Å²) in [4.78, 5) is 17.9. The number of nitrogens with zero attached hydrogens (tertiary/aromatic N) is 5. The highest BCUT2D eigenvalue weighted by Crippen LogP contribution is 2.32. The van der Waals surface area contributed by atoms with Crippen molar-refractivity contribution >= 4 is 66.7 Å². The lowest BCUT2D eigenvalue weighted by Crippen LogP contribution is -2.15. The van der Waals surface area contributed by atoms with Crippen LogP contribution in [0.5, 0.6) is 0 Å². The molecule has 4 aromatic rings. The Labute approximate surface area is 234 Å². The van der Waals surface area contributed by atoms with Crippen LogP contribution < -0.4 is 26.6 Å². The van der Waals surface area contributed by atoms with Crippen LogP contribution in [0.15, 0.2) is 58.8 Å². The van der Waals surface area contributed by atoms with E-state index in [0.29, 0.717) is 5.69 Å². The summed E-state index contributed by atoms with van der Waals surface area (Å²) < 4.78 is 8.52. The molecule has 1 aliphatic heterocycles. The maximum absolute atomic E-state index is 11.5. The molecular formula is C26H29N9O2S2. The van der Waals surface area contributed by atoms with E-state index < -0.39 is 5.97 Å². The van der Waals surface area contributed by atoms with E-state index in [4.69, 9.17) is 0 Å². The van der Waals surface area contributed by atoms with Crippen molar-refractivity contribution in [2.45, 2.75) is 26.7 Å². The number of aryl methyl sites for hydroxylation is 2. The Balaban J connectivity index is 1.14. The van der Waals surface area contributed by atoms with Gasteiger partial charge in [-0.1, -0.05) is 11.3 Å². The van der Waals surface area contributed by atoms with Crippen molar-refractivity contribution in [3.05, 3.63) is 65.5 Å². The molecule has 0 amide bonds. The number of benzene rings is 2. The average Bonchev–Trinajstić information content (AvgIpc) is 3.72. The SMILES string of the molecule is COC(=O)c1nsc(N=Nc2ccc(NNc3ccc(NNc4ccc(N5CCCC5)s4)cc3C)cc2C)n1. The van der Waals surface area contributed by atoms with Gasteiger partial charge in [0.05, 0.1) is 34.9 Å². The molecule has 2 aromatic carbocycles. The normalized spacial score (nSPS) is 13.1. The van der Waals surface area contributed by atoms with Crippen molar-refractivity contribution in [2.24, 2.45) is 10.2 Å². The number of carbonyl (C=O) groups is 1. The molecule has 4 N–H and O–H groups in total. The van der Waals surface area contributed by atoms with Gasteiger partial charge in [0.2, 0.25) is 5.13 Å². The molecule has 11 nitrogen and oxygen atoms in total. The van der Waals surface area contributed by atoms with Gasteiger partial charge in [0.1, 0.15) is 5.00 Å². The third-order valence-corrected chi connectivity index (χ3v) is 7.79. The van der Waals surface area contributed by atoms with E-state index in [1.165, 1.54) is 25.0 Å². The van der Waals surface area contributed by atoms with Gasteiger partial charge in [-0.05, 0) is 86.3 Å². The zero-order valence-electron chi connectivity index (χ0n) is 21.8. The number of hydrogen-bond acceptors (Lipinski definition) is 13. The van der Waals surface area contributed by atoms with Crippen molar-refractivity contribution in [1.29, 1.82) is 0 Å². The molecule has 0 radical (unpaired) electrons. The molecule has 0 spiro atoms. The van der Waals surface area contributed by atoms with Crippen molar-refractivity contribution < 1.29 is 9.53 Å². The highest BCUT2D eigenvalue weighted by atomic mass is 32.1. The molecule has 5 rings (SSSR count). The number of carbonyl (C=O) groups excluding carboxylic acids is 1. The Hall–Kier alpha value is -4.23. The monoisotopic (exact) mass is 563 g/mol. The molecule has 202 valence electrons.